The minimum Gasteiger partial charge on any atom is -0.442 e. The molecule has 0 bridgehead atoms. The zero-order chi connectivity index (χ0) is 16.4. The average molecular weight is 318 g/mol. The van der Waals surface area contributed by atoms with Crippen molar-refractivity contribution in [3.8, 4) is 0 Å². The Labute approximate surface area is 129 Å². The average Bonchev–Trinajstić information content (AvgIpc) is 3.13. The molecule has 0 spiro atoms. The summed E-state index contributed by atoms with van der Waals surface area (Å²) in [5.41, 5.74) is -0.118. The first kappa shape index (κ1) is 15.0. The van der Waals surface area contributed by atoms with Crippen molar-refractivity contribution >= 4 is 22.8 Å². The molecule has 9 heteroatoms. The lowest BCUT2D eigenvalue weighted by atomic mass is 10.2. The number of ether oxygens (including phenoxy) is 1. The number of aromatic nitrogens is 3. The Morgan fingerprint density at radius 1 is 1.48 bits per heavy atom. The van der Waals surface area contributed by atoms with Crippen molar-refractivity contribution in [3.05, 3.63) is 40.3 Å². The third-order valence-electron chi connectivity index (χ3n) is 3.30. The lowest BCUT2D eigenvalue weighted by molar-refractivity contribution is 0.102. The third-order valence-corrected chi connectivity index (χ3v) is 3.30. The summed E-state index contributed by atoms with van der Waals surface area (Å²) in [5, 5.41) is 6.27. The van der Waals surface area contributed by atoms with Crippen LogP contribution in [0.3, 0.4) is 0 Å². The topological polar surface area (TPSA) is 112 Å². The number of hydrogen-bond acceptors (Lipinski definition) is 7. The summed E-state index contributed by atoms with van der Waals surface area (Å²) in [6, 6.07) is 1.49. The molecule has 0 aromatic carbocycles. The highest BCUT2D eigenvalue weighted by Gasteiger charge is 2.23. The van der Waals surface area contributed by atoms with Gasteiger partial charge in [-0.15, -0.1) is 0 Å². The van der Waals surface area contributed by atoms with Crippen molar-refractivity contribution < 1.29 is 18.5 Å². The number of carbonyl (C=O) groups excluding carboxylic acids is 1. The molecule has 23 heavy (non-hydrogen) atoms. The van der Waals surface area contributed by atoms with Crippen LogP contribution in [0.25, 0.3) is 11.1 Å². The van der Waals surface area contributed by atoms with E-state index in [1.54, 1.807) is 6.92 Å². The molecule has 1 N–H and O–H groups in total. The summed E-state index contributed by atoms with van der Waals surface area (Å²) in [4.78, 5) is 29.1. The lowest BCUT2D eigenvalue weighted by Gasteiger charge is -2.04. The van der Waals surface area contributed by atoms with E-state index in [0.29, 0.717) is 18.9 Å². The molecule has 0 atom stereocenters. The number of anilines is 1. The zero-order valence-corrected chi connectivity index (χ0v) is 12.5. The molecular formula is C14H14N4O5. The van der Waals surface area contributed by atoms with Crippen LogP contribution in [0.2, 0.25) is 0 Å². The molecule has 0 aliphatic carbocycles. The highest BCUT2D eigenvalue weighted by atomic mass is 16.5. The summed E-state index contributed by atoms with van der Waals surface area (Å²) >= 11 is 0. The van der Waals surface area contributed by atoms with Gasteiger partial charge in [0.15, 0.2) is 5.82 Å². The second-order valence-corrected chi connectivity index (χ2v) is 4.79. The Bertz CT molecular complexity index is 894. The van der Waals surface area contributed by atoms with Crippen molar-refractivity contribution in [2.24, 2.45) is 0 Å². The Kier molecular flexibility index (Phi) is 3.94. The van der Waals surface area contributed by atoms with E-state index in [1.807, 2.05) is 0 Å². The van der Waals surface area contributed by atoms with Crippen molar-refractivity contribution in [1.82, 2.24) is 14.7 Å². The molecule has 3 rings (SSSR count). The first-order valence-electron chi connectivity index (χ1n) is 6.81. The Morgan fingerprint density at radius 3 is 3.00 bits per heavy atom. The SMILES string of the molecule is COCCn1cnc2oc(C)c(C(=O)Nc3ccon3)c2c1=O. The van der Waals surface area contributed by atoms with Crippen molar-refractivity contribution in [3.63, 3.8) is 0 Å². The molecule has 0 radical (unpaired) electrons. The van der Waals surface area contributed by atoms with E-state index >= 15 is 0 Å². The second-order valence-electron chi connectivity index (χ2n) is 4.79. The highest BCUT2D eigenvalue weighted by molar-refractivity contribution is 6.12. The van der Waals surface area contributed by atoms with Gasteiger partial charge < -0.3 is 19.0 Å². The fraction of sp³-hybridized carbons (Fsp3) is 0.286. The van der Waals surface area contributed by atoms with Gasteiger partial charge in [0.1, 0.15) is 23.7 Å². The minimum absolute atomic E-state index is 0.117. The number of carbonyl (C=O) groups is 1. The fourth-order valence-corrected chi connectivity index (χ4v) is 2.22. The van der Waals surface area contributed by atoms with Crippen molar-refractivity contribution in [1.29, 1.82) is 0 Å². The normalized spacial score (nSPS) is 11.0. The molecular weight excluding hydrogens is 304 g/mol. The van der Waals surface area contributed by atoms with Crippen molar-refractivity contribution in [2.75, 3.05) is 19.0 Å². The number of aryl methyl sites for hydroxylation is 1. The van der Waals surface area contributed by atoms with Gasteiger partial charge >= 0.3 is 0 Å². The standard InChI is InChI=1S/C14H14N4O5/c1-8-10(12(19)16-9-3-5-22-17-9)11-13(23-8)15-7-18(14(11)20)4-6-21-2/h3,5,7H,4,6H2,1-2H3,(H,16,17,19). The molecule has 0 aliphatic heterocycles. The van der Waals surface area contributed by atoms with Crippen LogP contribution in [0, 0.1) is 6.92 Å². The molecule has 120 valence electrons. The minimum atomic E-state index is -0.515. The number of hydrogen-bond donors (Lipinski definition) is 1. The van der Waals surface area contributed by atoms with Gasteiger partial charge in [-0.1, -0.05) is 5.16 Å². The van der Waals surface area contributed by atoms with Crippen LogP contribution in [-0.2, 0) is 11.3 Å². The number of nitrogens with zero attached hydrogens (tertiary/aromatic N) is 3. The third kappa shape index (κ3) is 2.73. The van der Waals surface area contributed by atoms with Crippen LogP contribution in [0.15, 0.2) is 32.4 Å². The first-order valence-corrected chi connectivity index (χ1v) is 6.81. The maximum absolute atomic E-state index is 12.6. The highest BCUT2D eigenvalue weighted by Crippen LogP contribution is 2.21. The zero-order valence-electron chi connectivity index (χ0n) is 12.5. The van der Waals surface area contributed by atoms with Crippen LogP contribution in [0.1, 0.15) is 16.1 Å². The fourth-order valence-electron chi connectivity index (χ4n) is 2.22. The number of amides is 1. The summed E-state index contributed by atoms with van der Waals surface area (Å²) < 4.78 is 16.4. The molecule has 3 aromatic heterocycles. The Morgan fingerprint density at radius 2 is 2.30 bits per heavy atom. The quantitative estimate of drug-likeness (QED) is 0.751. The molecule has 0 saturated carbocycles. The van der Waals surface area contributed by atoms with Crippen LogP contribution >= 0.6 is 0 Å². The predicted molar refractivity (Wildman–Crippen MR) is 79.3 cm³/mol. The first-order chi connectivity index (χ1) is 11.1. The summed E-state index contributed by atoms with van der Waals surface area (Å²) in [6.07, 6.45) is 2.70. The van der Waals surface area contributed by atoms with Crippen LogP contribution in [-0.4, -0.2) is 34.3 Å². The number of fused-ring (bicyclic) bond motifs is 1. The van der Waals surface area contributed by atoms with E-state index in [0.717, 1.165) is 0 Å². The van der Waals surface area contributed by atoms with E-state index < -0.39 is 5.91 Å². The molecule has 0 saturated heterocycles. The second kappa shape index (κ2) is 6.05. The van der Waals surface area contributed by atoms with Gasteiger partial charge in [-0.05, 0) is 6.92 Å². The van der Waals surface area contributed by atoms with Crippen LogP contribution in [0.5, 0.6) is 0 Å². The lowest BCUT2D eigenvalue weighted by Crippen LogP contribution is -2.24. The van der Waals surface area contributed by atoms with Gasteiger partial charge in [-0.3, -0.25) is 14.2 Å². The molecule has 3 heterocycles. The largest absolute Gasteiger partial charge is 0.442 e. The van der Waals surface area contributed by atoms with Gasteiger partial charge in [-0.2, -0.15) is 0 Å². The summed E-state index contributed by atoms with van der Waals surface area (Å²) in [6.45, 7) is 2.27. The van der Waals surface area contributed by atoms with Gasteiger partial charge in [-0.25, -0.2) is 4.98 Å². The molecule has 0 fully saturated rings. The molecule has 0 aliphatic rings. The Hall–Kier alpha value is -2.94. The van der Waals surface area contributed by atoms with E-state index in [-0.39, 0.29) is 28.0 Å². The van der Waals surface area contributed by atoms with E-state index in [9.17, 15) is 9.59 Å². The van der Waals surface area contributed by atoms with Gasteiger partial charge in [0.25, 0.3) is 11.5 Å². The summed E-state index contributed by atoms with van der Waals surface area (Å²) in [5.74, 6) is 0.0287. The van der Waals surface area contributed by atoms with E-state index in [1.165, 1.54) is 30.3 Å². The number of rotatable bonds is 5. The predicted octanol–water partition coefficient (Wildman–Crippen LogP) is 1.18. The number of furan rings is 1. The maximum Gasteiger partial charge on any atom is 0.265 e. The van der Waals surface area contributed by atoms with E-state index in [2.05, 4.69) is 20.0 Å². The molecule has 1 amide bonds. The van der Waals surface area contributed by atoms with Gasteiger partial charge in [0, 0.05) is 13.2 Å². The number of methoxy groups -OCH3 is 1. The smallest absolute Gasteiger partial charge is 0.265 e. The van der Waals surface area contributed by atoms with Crippen LogP contribution in [0.4, 0.5) is 5.82 Å². The molecule has 3 aromatic rings. The van der Waals surface area contributed by atoms with E-state index in [4.69, 9.17) is 9.15 Å². The Balaban J connectivity index is 2.06. The number of nitrogens with one attached hydrogen (secondary N) is 1. The van der Waals surface area contributed by atoms with Gasteiger partial charge in [0.05, 0.1) is 18.7 Å². The van der Waals surface area contributed by atoms with Crippen molar-refractivity contribution in [2.45, 2.75) is 13.5 Å². The van der Waals surface area contributed by atoms with Gasteiger partial charge in [0.2, 0.25) is 5.71 Å². The maximum atomic E-state index is 12.6. The molecule has 9 nitrogen and oxygen atoms in total. The molecule has 0 unspecified atom stereocenters. The monoisotopic (exact) mass is 318 g/mol. The van der Waals surface area contributed by atoms with Crippen LogP contribution < -0.4 is 10.9 Å². The summed E-state index contributed by atoms with van der Waals surface area (Å²) in [7, 11) is 1.54.